The van der Waals surface area contributed by atoms with E-state index in [1.165, 1.54) is 12.1 Å². The van der Waals surface area contributed by atoms with Crippen LogP contribution < -0.4 is 0 Å². The molecule has 1 aliphatic heterocycles. The molecule has 0 saturated carbocycles. The zero-order valence-corrected chi connectivity index (χ0v) is 14.6. The minimum Gasteiger partial charge on any atom is -0.449 e. The molecule has 0 aromatic heterocycles. The molecule has 2 rings (SSSR count). The molecule has 0 radical (unpaired) electrons. The van der Waals surface area contributed by atoms with Crippen molar-refractivity contribution in [2.45, 2.75) is 56.7 Å². The largest absolute Gasteiger partial charge is 0.449 e. The van der Waals surface area contributed by atoms with Crippen LogP contribution in [0.5, 0.6) is 0 Å². The van der Waals surface area contributed by atoms with Crippen molar-refractivity contribution in [2.24, 2.45) is 0 Å². The summed E-state index contributed by atoms with van der Waals surface area (Å²) in [7, 11) is 0. The molecule has 23 heavy (non-hydrogen) atoms. The predicted octanol–water partition coefficient (Wildman–Crippen LogP) is 4.46. The fourth-order valence-corrected chi connectivity index (χ4v) is 3.39. The zero-order chi connectivity index (χ0) is 16.7. The van der Waals surface area contributed by atoms with Gasteiger partial charge in [0.1, 0.15) is 5.82 Å². The van der Waals surface area contributed by atoms with E-state index in [0.717, 1.165) is 44.1 Å². The molecule has 1 heterocycles. The highest BCUT2D eigenvalue weighted by atomic mass is 32.1. The van der Waals surface area contributed by atoms with Gasteiger partial charge in [0.25, 0.3) is 0 Å². The Morgan fingerprint density at radius 2 is 2.09 bits per heavy atom. The second-order valence-electron chi connectivity index (χ2n) is 6.18. The monoisotopic (exact) mass is 339 g/mol. The minimum atomic E-state index is -0.207. The molecule has 0 spiro atoms. The maximum absolute atomic E-state index is 12.9. The zero-order valence-electron chi connectivity index (χ0n) is 13.7. The summed E-state index contributed by atoms with van der Waals surface area (Å²) in [6.07, 6.45) is 5.42. The molecule has 2 atom stereocenters. The van der Waals surface area contributed by atoms with Gasteiger partial charge in [-0.1, -0.05) is 25.5 Å². The number of nitrogens with zero attached hydrogens (tertiary/aromatic N) is 1. The highest BCUT2D eigenvalue weighted by Gasteiger charge is 2.34. The second kappa shape index (κ2) is 9.16. The Morgan fingerprint density at radius 1 is 1.35 bits per heavy atom. The van der Waals surface area contributed by atoms with Crippen LogP contribution in [0.4, 0.5) is 9.18 Å². The fourth-order valence-electron chi connectivity index (χ4n) is 2.97. The molecule has 0 aliphatic carbocycles. The van der Waals surface area contributed by atoms with Crippen molar-refractivity contribution in [3.63, 3.8) is 0 Å². The number of hydrogen-bond acceptors (Lipinski definition) is 3. The lowest BCUT2D eigenvalue weighted by Crippen LogP contribution is -2.36. The molecule has 1 fully saturated rings. The molecule has 1 aromatic rings. The summed E-state index contributed by atoms with van der Waals surface area (Å²) >= 11 is 4.53. The van der Waals surface area contributed by atoms with Gasteiger partial charge in [-0.15, -0.1) is 0 Å². The Hall–Kier alpha value is -1.23. The van der Waals surface area contributed by atoms with Crippen molar-refractivity contribution in [3.8, 4) is 0 Å². The molecule has 0 N–H and O–H groups in total. The number of amides is 1. The highest BCUT2D eigenvalue weighted by molar-refractivity contribution is 7.81. The van der Waals surface area contributed by atoms with Crippen LogP contribution in [0.1, 0.15) is 44.6 Å². The number of thiol groups is 1. The lowest BCUT2D eigenvalue weighted by molar-refractivity contribution is 0.0953. The van der Waals surface area contributed by atoms with Gasteiger partial charge in [-0.25, -0.2) is 9.18 Å². The number of unbranched alkanes of at least 4 members (excludes halogenated alkanes) is 1. The van der Waals surface area contributed by atoms with Gasteiger partial charge in [-0.05, 0) is 49.8 Å². The average Bonchev–Trinajstić information content (AvgIpc) is 2.90. The molecule has 1 amide bonds. The SMILES string of the molecule is CCCCOC(=O)N1CC(S)CC1CCCc1ccc(F)cc1. The summed E-state index contributed by atoms with van der Waals surface area (Å²) in [5.74, 6) is -0.205. The molecule has 1 aromatic carbocycles. The first kappa shape index (κ1) is 18.1. The number of aryl methyl sites for hydroxylation is 1. The van der Waals surface area contributed by atoms with Crippen molar-refractivity contribution >= 4 is 18.7 Å². The van der Waals surface area contributed by atoms with Gasteiger partial charge in [0, 0.05) is 17.8 Å². The minimum absolute atomic E-state index is 0.201. The van der Waals surface area contributed by atoms with Crippen molar-refractivity contribution < 1.29 is 13.9 Å². The number of ether oxygens (including phenoxy) is 1. The van der Waals surface area contributed by atoms with E-state index in [1.807, 2.05) is 17.0 Å². The van der Waals surface area contributed by atoms with Gasteiger partial charge in [-0.2, -0.15) is 12.6 Å². The molecule has 3 nitrogen and oxygen atoms in total. The molecule has 1 saturated heterocycles. The van der Waals surface area contributed by atoms with Crippen LogP contribution in [0.2, 0.25) is 0 Å². The van der Waals surface area contributed by atoms with E-state index in [4.69, 9.17) is 4.74 Å². The van der Waals surface area contributed by atoms with E-state index in [-0.39, 0.29) is 23.2 Å². The summed E-state index contributed by atoms with van der Waals surface area (Å²) in [4.78, 5) is 14.0. The van der Waals surface area contributed by atoms with Crippen LogP contribution in [-0.2, 0) is 11.2 Å². The topological polar surface area (TPSA) is 29.5 Å². The summed E-state index contributed by atoms with van der Waals surface area (Å²) in [5.41, 5.74) is 1.13. The Balaban J connectivity index is 1.79. The number of rotatable bonds is 7. The highest BCUT2D eigenvalue weighted by Crippen LogP contribution is 2.26. The predicted molar refractivity (Wildman–Crippen MR) is 93.5 cm³/mol. The van der Waals surface area contributed by atoms with Gasteiger partial charge in [-0.3, -0.25) is 0 Å². The van der Waals surface area contributed by atoms with Crippen LogP contribution in [0, 0.1) is 5.82 Å². The Kier molecular flexibility index (Phi) is 7.21. The third-order valence-corrected chi connectivity index (χ3v) is 4.64. The van der Waals surface area contributed by atoms with Crippen molar-refractivity contribution in [3.05, 3.63) is 35.6 Å². The molecule has 2 unspecified atom stereocenters. The standard InChI is InChI=1S/C18H26FNO2S/c1-2-3-11-22-18(21)20-13-17(23)12-16(20)6-4-5-14-7-9-15(19)10-8-14/h7-10,16-17,23H,2-6,11-13H2,1H3. The number of likely N-dealkylation sites (tertiary alicyclic amines) is 1. The van der Waals surface area contributed by atoms with E-state index in [1.54, 1.807) is 0 Å². The first-order chi connectivity index (χ1) is 11.1. The van der Waals surface area contributed by atoms with Crippen LogP contribution in [0.25, 0.3) is 0 Å². The lowest BCUT2D eigenvalue weighted by Gasteiger charge is -2.24. The number of carbonyl (C=O) groups excluding carboxylic acids is 1. The molecular weight excluding hydrogens is 313 g/mol. The third-order valence-electron chi connectivity index (χ3n) is 4.27. The first-order valence-electron chi connectivity index (χ1n) is 8.46. The van der Waals surface area contributed by atoms with E-state index >= 15 is 0 Å². The summed E-state index contributed by atoms with van der Waals surface area (Å²) in [6, 6.07) is 6.83. The normalized spacial score (nSPS) is 20.7. The number of halogens is 1. The van der Waals surface area contributed by atoms with E-state index in [2.05, 4.69) is 19.6 Å². The van der Waals surface area contributed by atoms with Crippen LogP contribution >= 0.6 is 12.6 Å². The van der Waals surface area contributed by atoms with Crippen molar-refractivity contribution in [1.29, 1.82) is 0 Å². The lowest BCUT2D eigenvalue weighted by atomic mass is 10.0. The first-order valence-corrected chi connectivity index (χ1v) is 8.97. The van der Waals surface area contributed by atoms with Gasteiger partial charge in [0.15, 0.2) is 0 Å². The third kappa shape index (κ3) is 5.72. The van der Waals surface area contributed by atoms with Crippen LogP contribution in [0.3, 0.4) is 0 Å². The van der Waals surface area contributed by atoms with Gasteiger partial charge in [0.05, 0.1) is 6.61 Å². The van der Waals surface area contributed by atoms with Gasteiger partial charge in [0.2, 0.25) is 0 Å². The van der Waals surface area contributed by atoms with Crippen LogP contribution in [0.15, 0.2) is 24.3 Å². The van der Waals surface area contributed by atoms with E-state index in [0.29, 0.717) is 13.2 Å². The number of benzene rings is 1. The van der Waals surface area contributed by atoms with E-state index in [9.17, 15) is 9.18 Å². The molecule has 1 aliphatic rings. The molecule has 0 bridgehead atoms. The summed E-state index contributed by atoms with van der Waals surface area (Å²) in [6.45, 7) is 3.23. The Morgan fingerprint density at radius 3 is 2.78 bits per heavy atom. The Labute approximate surface area is 143 Å². The average molecular weight is 339 g/mol. The smallest absolute Gasteiger partial charge is 0.410 e. The number of carbonyl (C=O) groups is 1. The Bertz CT molecular complexity index is 494. The molecule has 5 heteroatoms. The maximum atomic E-state index is 12.9. The van der Waals surface area contributed by atoms with E-state index < -0.39 is 0 Å². The molecule has 128 valence electrons. The van der Waals surface area contributed by atoms with Crippen LogP contribution in [-0.4, -0.2) is 35.4 Å². The quantitative estimate of drug-likeness (QED) is 0.587. The van der Waals surface area contributed by atoms with Gasteiger partial charge < -0.3 is 9.64 Å². The summed E-state index contributed by atoms with van der Waals surface area (Å²) < 4.78 is 18.2. The number of hydrogen-bond donors (Lipinski definition) is 1. The fraction of sp³-hybridized carbons (Fsp3) is 0.611. The van der Waals surface area contributed by atoms with Crippen molar-refractivity contribution in [2.75, 3.05) is 13.2 Å². The van der Waals surface area contributed by atoms with Crippen molar-refractivity contribution in [1.82, 2.24) is 4.90 Å². The van der Waals surface area contributed by atoms with Gasteiger partial charge >= 0.3 is 6.09 Å². The summed E-state index contributed by atoms with van der Waals surface area (Å²) in [5, 5.41) is 0.226. The molecular formula is C18H26FNO2S. The second-order valence-corrected chi connectivity index (χ2v) is 6.91. The maximum Gasteiger partial charge on any atom is 0.410 e.